The first-order valence-electron chi connectivity index (χ1n) is 14.0. The second-order valence-electron chi connectivity index (χ2n) is 9.59. The molecule has 3 rings (SSSR count). The molecule has 41 heavy (non-hydrogen) atoms. The van der Waals surface area contributed by atoms with Gasteiger partial charge in [0.15, 0.2) is 0 Å². The van der Waals surface area contributed by atoms with Crippen molar-refractivity contribution in [1.82, 2.24) is 20.6 Å². The number of rotatable bonds is 12. The predicted molar refractivity (Wildman–Crippen MR) is 165 cm³/mol. The third-order valence-corrected chi connectivity index (χ3v) is 6.38. The molecule has 0 saturated heterocycles. The van der Waals surface area contributed by atoms with E-state index in [1.165, 1.54) is 44.4 Å². The molecule has 2 aromatic rings. The first-order valence-corrected chi connectivity index (χ1v) is 14.0. The van der Waals surface area contributed by atoms with Crippen LogP contribution in [0.4, 0.5) is 0 Å². The Bertz CT molecular complexity index is 1200. The van der Waals surface area contributed by atoms with Gasteiger partial charge in [-0.3, -0.25) is 24.5 Å². The molecule has 9 heteroatoms. The van der Waals surface area contributed by atoms with Crippen molar-refractivity contribution in [3.8, 4) is 0 Å². The number of hydrogen-bond donors (Lipinski definition) is 4. The van der Waals surface area contributed by atoms with Crippen LogP contribution in [-0.4, -0.2) is 34.5 Å². The first kappa shape index (κ1) is 32.7. The van der Waals surface area contributed by atoms with Crippen LogP contribution in [0.15, 0.2) is 102 Å². The van der Waals surface area contributed by atoms with Crippen molar-refractivity contribution in [3.63, 3.8) is 0 Å². The Morgan fingerprint density at radius 1 is 0.951 bits per heavy atom. The van der Waals surface area contributed by atoms with Crippen LogP contribution >= 0.6 is 0 Å². The number of nitrogens with one attached hydrogen (secondary N) is 2. The second kappa shape index (κ2) is 19.5. The van der Waals surface area contributed by atoms with Crippen molar-refractivity contribution in [2.75, 3.05) is 7.05 Å². The topological polar surface area (TPSA) is 148 Å². The maximum atomic E-state index is 12.0. The summed E-state index contributed by atoms with van der Waals surface area (Å²) in [6, 6.07) is 11.3. The molecule has 9 nitrogen and oxygen atoms in total. The van der Waals surface area contributed by atoms with E-state index in [1.807, 2.05) is 55.6 Å². The molecule has 0 bridgehead atoms. The van der Waals surface area contributed by atoms with Crippen LogP contribution in [0.25, 0.3) is 0 Å². The zero-order valence-corrected chi connectivity index (χ0v) is 24.0. The van der Waals surface area contributed by atoms with Crippen LogP contribution in [0.3, 0.4) is 0 Å². The minimum atomic E-state index is -0.144. The molecular weight excluding hydrogens is 514 g/mol. The highest BCUT2D eigenvalue weighted by Crippen LogP contribution is 2.25. The zero-order chi connectivity index (χ0) is 29.7. The van der Waals surface area contributed by atoms with Crippen molar-refractivity contribution in [2.45, 2.75) is 57.8 Å². The number of carbonyl (C=O) groups excluding carboxylic acids is 2. The van der Waals surface area contributed by atoms with E-state index in [4.69, 9.17) is 11.5 Å². The van der Waals surface area contributed by atoms with E-state index in [0.29, 0.717) is 37.3 Å². The van der Waals surface area contributed by atoms with Gasteiger partial charge in [0, 0.05) is 61.0 Å². The predicted octanol–water partition coefficient (Wildman–Crippen LogP) is 4.25. The van der Waals surface area contributed by atoms with E-state index in [9.17, 15) is 9.59 Å². The second-order valence-corrected chi connectivity index (χ2v) is 9.59. The molecule has 0 aliphatic heterocycles. The summed E-state index contributed by atoms with van der Waals surface area (Å²) in [5.74, 6) is 0.642. The summed E-state index contributed by atoms with van der Waals surface area (Å²) in [4.78, 5) is 36.2. The number of nitrogens with two attached hydrogens (primary N) is 2. The lowest BCUT2D eigenvalue weighted by atomic mass is 9.85. The van der Waals surface area contributed by atoms with E-state index < -0.39 is 0 Å². The molecule has 2 aromatic heterocycles. The lowest BCUT2D eigenvalue weighted by Crippen LogP contribution is -2.27. The molecule has 0 unspecified atom stereocenters. The molecule has 2 heterocycles. The molecule has 0 spiro atoms. The van der Waals surface area contributed by atoms with Crippen molar-refractivity contribution in [2.24, 2.45) is 22.4 Å². The number of aryl methyl sites for hydroxylation is 2. The first-order chi connectivity index (χ1) is 19.9. The number of carbonyl (C=O) groups is 2. The van der Waals surface area contributed by atoms with Crippen LogP contribution in [0.5, 0.6) is 0 Å². The van der Waals surface area contributed by atoms with Gasteiger partial charge in [-0.15, -0.1) is 0 Å². The van der Waals surface area contributed by atoms with Crippen LogP contribution in [0, 0.1) is 5.92 Å². The number of pyridine rings is 2. The summed E-state index contributed by atoms with van der Waals surface area (Å²) >= 11 is 0. The van der Waals surface area contributed by atoms with Crippen LogP contribution in [0.2, 0.25) is 0 Å². The number of aromatic nitrogens is 2. The van der Waals surface area contributed by atoms with Gasteiger partial charge in [0.05, 0.1) is 0 Å². The zero-order valence-electron chi connectivity index (χ0n) is 24.0. The van der Waals surface area contributed by atoms with Gasteiger partial charge in [0.2, 0.25) is 11.8 Å². The van der Waals surface area contributed by atoms with Gasteiger partial charge in [0.1, 0.15) is 5.82 Å². The number of nitrogens with zero attached hydrogens (tertiary/aromatic N) is 3. The Balaban J connectivity index is 0.000000305. The Kier molecular flexibility index (Phi) is 15.6. The minimum absolute atomic E-state index is 0.0389. The van der Waals surface area contributed by atoms with Crippen LogP contribution in [-0.2, 0) is 22.4 Å². The normalized spacial score (nSPS) is 14.4. The Morgan fingerprint density at radius 2 is 1.54 bits per heavy atom. The standard InChI is InChI=1S/C20H27N3O.C12H16N4O/c1-16(11-13-19(21-2)17-8-4-3-5-9-17)23-20(24)14-12-18-10-6-7-15-22-18;13-8-3-5-11(14)16-12(17)7-6-10-4-1-2-9-15-10/h6-7,10-11,13,15,17H,1,3-5,8-9,12,14H2,2H3,(H,23,24);1-5,8-9H,6-7,13-14H2,(H,16,17)/b13-11-,21-19?;8-3-,11-5+. The van der Waals surface area contributed by atoms with Gasteiger partial charge in [-0.25, -0.2) is 0 Å². The van der Waals surface area contributed by atoms with Crippen LogP contribution in [0.1, 0.15) is 56.3 Å². The molecule has 1 saturated carbocycles. The monoisotopic (exact) mass is 557 g/mol. The van der Waals surface area contributed by atoms with E-state index in [-0.39, 0.29) is 17.6 Å². The van der Waals surface area contributed by atoms with Crippen molar-refractivity contribution < 1.29 is 9.59 Å². The van der Waals surface area contributed by atoms with Gasteiger partial charge in [-0.05, 0) is 80.5 Å². The third kappa shape index (κ3) is 14.4. The van der Waals surface area contributed by atoms with E-state index in [1.54, 1.807) is 18.5 Å². The Hall–Kier alpha value is -4.53. The maximum Gasteiger partial charge on any atom is 0.225 e. The summed E-state index contributed by atoms with van der Waals surface area (Å²) in [6.07, 6.45) is 20.0. The average Bonchev–Trinajstić information content (AvgIpc) is 3.00. The molecule has 6 N–H and O–H groups in total. The highest BCUT2D eigenvalue weighted by molar-refractivity contribution is 5.97. The number of amides is 2. The highest BCUT2D eigenvalue weighted by Gasteiger charge is 2.16. The number of hydrogen-bond acceptors (Lipinski definition) is 7. The largest absolute Gasteiger partial charge is 0.405 e. The minimum Gasteiger partial charge on any atom is -0.405 e. The fourth-order valence-electron chi connectivity index (χ4n) is 4.26. The fraction of sp³-hybridized carbons (Fsp3) is 0.344. The molecule has 0 atom stereocenters. The van der Waals surface area contributed by atoms with Gasteiger partial charge in [-0.2, -0.15) is 0 Å². The Labute approximate surface area is 243 Å². The molecule has 1 aliphatic carbocycles. The summed E-state index contributed by atoms with van der Waals surface area (Å²) < 4.78 is 0. The number of allylic oxidation sites excluding steroid dienone is 4. The third-order valence-electron chi connectivity index (χ3n) is 6.38. The van der Waals surface area contributed by atoms with E-state index >= 15 is 0 Å². The van der Waals surface area contributed by atoms with E-state index in [0.717, 1.165) is 17.1 Å². The molecule has 2 amide bonds. The molecular formula is C32H43N7O2. The molecule has 0 radical (unpaired) electrons. The average molecular weight is 558 g/mol. The summed E-state index contributed by atoms with van der Waals surface area (Å²) in [5.41, 5.74) is 14.2. The van der Waals surface area contributed by atoms with Gasteiger partial charge < -0.3 is 22.1 Å². The summed E-state index contributed by atoms with van der Waals surface area (Å²) in [6.45, 7) is 3.91. The lowest BCUT2D eigenvalue weighted by molar-refractivity contribution is -0.121. The maximum absolute atomic E-state index is 12.0. The molecule has 218 valence electrons. The molecule has 1 fully saturated rings. The molecule has 0 aromatic carbocycles. The van der Waals surface area contributed by atoms with Crippen molar-refractivity contribution in [1.29, 1.82) is 0 Å². The van der Waals surface area contributed by atoms with Gasteiger partial charge in [-0.1, -0.05) is 38.0 Å². The quantitative estimate of drug-likeness (QED) is 0.226. The fourth-order valence-corrected chi connectivity index (χ4v) is 4.26. The smallest absolute Gasteiger partial charge is 0.225 e. The van der Waals surface area contributed by atoms with E-state index in [2.05, 4.69) is 32.2 Å². The van der Waals surface area contributed by atoms with Crippen molar-refractivity contribution >= 4 is 17.5 Å². The van der Waals surface area contributed by atoms with Gasteiger partial charge in [0.25, 0.3) is 0 Å². The van der Waals surface area contributed by atoms with Gasteiger partial charge >= 0.3 is 0 Å². The number of aliphatic imine (C=N–C) groups is 1. The summed E-state index contributed by atoms with van der Waals surface area (Å²) in [5, 5.41) is 5.38. The Morgan fingerprint density at radius 3 is 2.05 bits per heavy atom. The lowest BCUT2D eigenvalue weighted by Gasteiger charge is -2.21. The molecule has 1 aliphatic rings. The van der Waals surface area contributed by atoms with Crippen LogP contribution < -0.4 is 22.1 Å². The SMILES string of the molecule is C=C(/C=C\C(=NC)C1CCCCC1)NC(=O)CCc1ccccn1.N/C=C\C=C(/N)NC(=O)CCc1ccccn1. The highest BCUT2D eigenvalue weighted by atomic mass is 16.2. The van der Waals surface area contributed by atoms with Crippen molar-refractivity contribution in [3.05, 3.63) is 109 Å². The summed E-state index contributed by atoms with van der Waals surface area (Å²) in [7, 11) is 1.84.